The lowest BCUT2D eigenvalue weighted by atomic mass is 10.2. The predicted molar refractivity (Wildman–Crippen MR) is 103 cm³/mol. The van der Waals surface area contributed by atoms with Crippen molar-refractivity contribution >= 4 is 35.5 Å². The second-order valence-corrected chi connectivity index (χ2v) is 6.49. The molecular weight excluding hydrogens is 374 g/mol. The zero-order valence-electron chi connectivity index (χ0n) is 13.8. The van der Waals surface area contributed by atoms with Gasteiger partial charge in [0.15, 0.2) is 0 Å². The predicted octanol–water partition coefficient (Wildman–Crippen LogP) is 3.91. The maximum atomic E-state index is 9.81. The Morgan fingerprint density at radius 2 is 2.19 bits per heavy atom. The average molecular weight is 390 g/mol. The van der Waals surface area contributed by atoms with Gasteiger partial charge in [0.2, 0.25) is 11.1 Å². The van der Waals surface area contributed by atoms with Gasteiger partial charge in [-0.05, 0) is 29.8 Å². The van der Waals surface area contributed by atoms with Crippen LogP contribution in [0.3, 0.4) is 0 Å². The zero-order valence-corrected chi connectivity index (χ0v) is 15.4. The fourth-order valence-corrected chi connectivity index (χ4v) is 3.13. The largest absolute Gasteiger partial charge is 0.507 e. The molecule has 0 aliphatic heterocycles. The number of nitrogens with one attached hydrogen (secondary N) is 2. The van der Waals surface area contributed by atoms with E-state index in [-0.39, 0.29) is 5.75 Å². The molecule has 1 heterocycles. The summed E-state index contributed by atoms with van der Waals surface area (Å²) in [5, 5.41) is 22.0. The number of H-pyrrole nitrogens is 1. The zero-order chi connectivity index (χ0) is 18.4. The van der Waals surface area contributed by atoms with Crippen molar-refractivity contribution in [1.29, 1.82) is 0 Å². The first-order valence-electron chi connectivity index (χ1n) is 7.60. The minimum atomic E-state index is 0.102. The number of halogens is 1. The van der Waals surface area contributed by atoms with Gasteiger partial charge in [0.05, 0.1) is 13.3 Å². The van der Waals surface area contributed by atoms with Crippen molar-refractivity contribution in [3.63, 3.8) is 0 Å². The summed E-state index contributed by atoms with van der Waals surface area (Å²) < 4.78 is 5.12. The van der Waals surface area contributed by atoms with E-state index in [1.165, 1.54) is 24.0 Å². The monoisotopic (exact) mass is 389 g/mol. The first kappa shape index (κ1) is 18.1. The number of aromatic hydroxyl groups is 1. The van der Waals surface area contributed by atoms with Crippen molar-refractivity contribution in [2.24, 2.45) is 5.10 Å². The van der Waals surface area contributed by atoms with Crippen molar-refractivity contribution in [2.45, 2.75) is 10.9 Å². The number of aromatic amines is 1. The molecule has 26 heavy (non-hydrogen) atoms. The summed E-state index contributed by atoms with van der Waals surface area (Å²) in [7, 11) is 1.56. The quantitative estimate of drug-likeness (QED) is 0.322. The van der Waals surface area contributed by atoms with Crippen LogP contribution in [-0.2, 0) is 5.75 Å². The number of nitrogens with zero attached hydrogens (tertiary/aromatic N) is 3. The van der Waals surface area contributed by atoms with Crippen LogP contribution >= 0.6 is 23.4 Å². The highest BCUT2D eigenvalue weighted by molar-refractivity contribution is 7.98. The fraction of sp³-hybridized carbons (Fsp3) is 0.118. The number of thioether (sulfide) groups is 1. The molecule has 0 fully saturated rings. The Morgan fingerprint density at radius 3 is 3.00 bits per heavy atom. The molecule has 3 N–H and O–H groups in total. The van der Waals surface area contributed by atoms with E-state index in [2.05, 4.69) is 25.7 Å². The molecular formula is C17H16ClN5O2S. The first-order chi connectivity index (χ1) is 12.7. The van der Waals surface area contributed by atoms with Crippen LogP contribution in [0, 0.1) is 0 Å². The van der Waals surface area contributed by atoms with Crippen molar-refractivity contribution in [2.75, 3.05) is 12.5 Å². The van der Waals surface area contributed by atoms with E-state index in [1.807, 2.05) is 24.3 Å². The maximum Gasteiger partial charge on any atom is 0.240 e. The Balaban J connectivity index is 1.58. The van der Waals surface area contributed by atoms with Crippen LogP contribution in [0.1, 0.15) is 11.1 Å². The molecule has 1 aromatic heterocycles. The van der Waals surface area contributed by atoms with Gasteiger partial charge in [0.1, 0.15) is 11.5 Å². The molecule has 0 unspecified atom stereocenters. The van der Waals surface area contributed by atoms with Crippen molar-refractivity contribution in [1.82, 2.24) is 15.2 Å². The molecule has 0 aliphatic rings. The molecule has 7 nitrogen and oxygen atoms in total. The molecule has 9 heteroatoms. The van der Waals surface area contributed by atoms with Gasteiger partial charge < -0.3 is 9.84 Å². The third kappa shape index (κ3) is 4.68. The van der Waals surface area contributed by atoms with Crippen molar-refractivity contribution in [3.8, 4) is 11.5 Å². The number of ether oxygens (including phenoxy) is 1. The lowest BCUT2D eigenvalue weighted by Gasteiger charge is -2.02. The number of hydrogen-bond donors (Lipinski definition) is 3. The van der Waals surface area contributed by atoms with Crippen LogP contribution < -0.4 is 10.2 Å². The fourth-order valence-electron chi connectivity index (χ4n) is 2.04. The highest BCUT2D eigenvalue weighted by Crippen LogP contribution is 2.25. The number of benzene rings is 2. The topological polar surface area (TPSA) is 95.4 Å². The Labute approximate surface area is 159 Å². The third-order valence-corrected chi connectivity index (χ3v) is 4.65. The Morgan fingerprint density at radius 1 is 1.35 bits per heavy atom. The van der Waals surface area contributed by atoms with Gasteiger partial charge >= 0.3 is 0 Å². The summed E-state index contributed by atoms with van der Waals surface area (Å²) >= 11 is 7.59. The molecule has 134 valence electrons. The highest BCUT2D eigenvalue weighted by Gasteiger charge is 2.06. The molecule has 0 amide bonds. The molecule has 0 aliphatic carbocycles. The molecule has 0 atom stereocenters. The number of anilines is 1. The number of phenols is 1. The standard InChI is InChI=1S/C17H16ClN5O2S/c1-25-13-6-7-15(24)12(8-13)9-19-21-16-20-17(23-22-16)26-10-11-4-2-3-5-14(11)18/h2-9,24H,10H2,1H3,(H2,20,21,22,23)/b19-9+. The smallest absolute Gasteiger partial charge is 0.240 e. The van der Waals surface area contributed by atoms with Gasteiger partial charge in [-0.15, -0.1) is 5.10 Å². The van der Waals surface area contributed by atoms with Gasteiger partial charge in [-0.3, -0.25) is 0 Å². The van der Waals surface area contributed by atoms with Gasteiger partial charge in [-0.1, -0.05) is 41.6 Å². The van der Waals surface area contributed by atoms with E-state index in [4.69, 9.17) is 16.3 Å². The molecule has 0 bridgehead atoms. The SMILES string of the molecule is COc1ccc(O)c(/C=N/Nc2nc(SCc3ccccc3Cl)n[nH]2)c1. The molecule has 2 aromatic carbocycles. The third-order valence-electron chi connectivity index (χ3n) is 3.39. The summed E-state index contributed by atoms with van der Waals surface area (Å²) in [6.07, 6.45) is 1.47. The number of rotatable bonds is 7. The van der Waals surface area contributed by atoms with Gasteiger partial charge in [-0.2, -0.15) is 10.1 Å². The van der Waals surface area contributed by atoms with E-state index < -0.39 is 0 Å². The van der Waals surface area contributed by atoms with E-state index >= 15 is 0 Å². The Kier molecular flexibility index (Phi) is 5.98. The van der Waals surface area contributed by atoms with Gasteiger partial charge in [-0.25, -0.2) is 10.5 Å². The van der Waals surface area contributed by atoms with Crippen LogP contribution in [-0.4, -0.2) is 33.6 Å². The summed E-state index contributed by atoms with van der Waals surface area (Å²) in [6.45, 7) is 0. The molecule has 3 aromatic rings. The van der Waals surface area contributed by atoms with Crippen LogP contribution in [0.4, 0.5) is 5.95 Å². The number of phenolic OH excluding ortho intramolecular Hbond substituents is 1. The average Bonchev–Trinajstić information content (AvgIpc) is 3.10. The lowest BCUT2D eigenvalue weighted by molar-refractivity contribution is 0.412. The number of hydrazone groups is 1. The highest BCUT2D eigenvalue weighted by atomic mass is 35.5. The van der Waals surface area contributed by atoms with Crippen molar-refractivity contribution in [3.05, 3.63) is 58.6 Å². The maximum absolute atomic E-state index is 9.81. The second kappa shape index (κ2) is 8.59. The van der Waals surface area contributed by atoms with E-state index in [1.54, 1.807) is 19.2 Å². The summed E-state index contributed by atoms with van der Waals surface area (Å²) in [6, 6.07) is 12.5. The lowest BCUT2D eigenvalue weighted by Crippen LogP contribution is -1.93. The number of methoxy groups -OCH3 is 1. The minimum Gasteiger partial charge on any atom is -0.507 e. The number of aromatic nitrogens is 3. The summed E-state index contributed by atoms with van der Waals surface area (Å²) in [5.74, 6) is 1.79. The van der Waals surface area contributed by atoms with Crippen LogP contribution in [0.5, 0.6) is 11.5 Å². The first-order valence-corrected chi connectivity index (χ1v) is 8.97. The van der Waals surface area contributed by atoms with Crippen LogP contribution in [0.15, 0.2) is 52.7 Å². The molecule has 0 saturated heterocycles. The second-order valence-electron chi connectivity index (χ2n) is 5.14. The minimum absolute atomic E-state index is 0.102. The van der Waals surface area contributed by atoms with Crippen LogP contribution in [0.25, 0.3) is 0 Å². The van der Waals surface area contributed by atoms with E-state index in [0.29, 0.717) is 28.2 Å². The normalized spacial score (nSPS) is 11.0. The summed E-state index contributed by atoms with van der Waals surface area (Å²) in [5.41, 5.74) is 4.27. The number of hydrogen-bond acceptors (Lipinski definition) is 7. The van der Waals surface area contributed by atoms with Crippen LogP contribution in [0.2, 0.25) is 5.02 Å². The van der Waals surface area contributed by atoms with Gasteiger partial charge in [0.25, 0.3) is 0 Å². The molecule has 3 rings (SSSR count). The van der Waals surface area contributed by atoms with E-state index in [9.17, 15) is 5.11 Å². The molecule has 0 saturated carbocycles. The molecule has 0 radical (unpaired) electrons. The van der Waals surface area contributed by atoms with Gasteiger partial charge in [0, 0.05) is 16.3 Å². The summed E-state index contributed by atoms with van der Waals surface area (Å²) in [4.78, 5) is 4.28. The molecule has 0 spiro atoms. The Hall–Kier alpha value is -2.71. The van der Waals surface area contributed by atoms with E-state index in [0.717, 1.165) is 10.6 Å². The van der Waals surface area contributed by atoms with Crippen molar-refractivity contribution < 1.29 is 9.84 Å². The Bertz CT molecular complexity index is 916.